The summed E-state index contributed by atoms with van der Waals surface area (Å²) >= 11 is 3.65. The van der Waals surface area contributed by atoms with E-state index in [9.17, 15) is 0 Å². The Kier molecular flexibility index (Phi) is 3.62. The maximum Gasteiger partial charge on any atom is 0.0378 e. The van der Waals surface area contributed by atoms with E-state index in [0.29, 0.717) is 6.04 Å². The van der Waals surface area contributed by atoms with Gasteiger partial charge in [0.1, 0.15) is 0 Å². The fourth-order valence-electron chi connectivity index (χ4n) is 2.78. The van der Waals surface area contributed by atoms with Gasteiger partial charge in [-0.2, -0.15) is 0 Å². The molecule has 1 N–H and O–H groups in total. The van der Waals surface area contributed by atoms with Gasteiger partial charge in [-0.05, 0) is 56.3 Å². The molecule has 3 rings (SSSR count). The highest BCUT2D eigenvalue weighted by atomic mass is 79.9. The van der Waals surface area contributed by atoms with Gasteiger partial charge in [0.2, 0.25) is 0 Å². The minimum absolute atomic E-state index is 0.701. The molecule has 1 aromatic carbocycles. The highest BCUT2D eigenvalue weighted by Gasteiger charge is 2.33. The van der Waals surface area contributed by atoms with Crippen LogP contribution in [-0.4, -0.2) is 25.7 Å². The number of nitrogens with one attached hydrogen (secondary N) is 1. The van der Waals surface area contributed by atoms with Crippen molar-refractivity contribution in [3.05, 3.63) is 28.2 Å². The molecule has 18 heavy (non-hydrogen) atoms. The van der Waals surface area contributed by atoms with Gasteiger partial charge in [0, 0.05) is 29.3 Å². The number of aryl methyl sites for hydroxylation is 1. The summed E-state index contributed by atoms with van der Waals surface area (Å²) in [5.74, 6) is 0.930. The molecule has 1 unspecified atom stereocenters. The van der Waals surface area contributed by atoms with Gasteiger partial charge >= 0.3 is 0 Å². The Balaban J connectivity index is 1.78. The summed E-state index contributed by atoms with van der Waals surface area (Å²) in [6.07, 6.45) is 4.08. The van der Waals surface area contributed by atoms with E-state index in [1.54, 1.807) is 0 Å². The Hall–Kier alpha value is -0.540. The van der Waals surface area contributed by atoms with E-state index >= 15 is 0 Å². The monoisotopic (exact) mass is 308 g/mol. The van der Waals surface area contributed by atoms with Crippen LogP contribution in [0.3, 0.4) is 0 Å². The lowest BCUT2D eigenvalue weighted by Gasteiger charge is -2.27. The minimum atomic E-state index is 0.701. The van der Waals surface area contributed by atoms with Gasteiger partial charge in [0.15, 0.2) is 0 Å². The maximum absolute atomic E-state index is 3.72. The smallest absolute Gasteiger partial charge is 0.0378 e. The fourth-order valence-corrected chi connectivity index (χ4v) is 3.14. The lowest BCUT2D eigenvalue weighted by molar-refractivity contribution is 0.490. The standard InChI is InChI=1S/C15H21BrN2/c1-11-3-6-13(9-14(11)16)18-8-2-7-17-15(10-18)12-4-5-12/h3,6,9,12,15,17H,2,4-5,7-8,10H2,1H3. The van der Waals surface area contributed by atoms with Crippen molar-refractivity contribution in [3.8, 4) is 0 Å². The highest BCUT2D eigenvalue weighted by molar-refractivity contribution is 9.10. The summed E-state index contributed by atoms with van der Waals surface area (Å²) in [5, 5.41) is 3.72. The molecule has 2 nitrogen and oxygen atoms in total. The van der Waals surface area contributed by atoms with Crippen molar-refractivity contribution in [2.24, 2.45) is 5.92 Å². The van der Waals surface area contributed by atoms with Gasteiger partial charge in [-0.1, -0.05) is 22.0 Å². The Morgan fingerprint density at radius 1 is 1.33 bits per heavy atom. The third-order valence-electron chi connectivity index (χ3n) is 4.14. The number of rotatable bonds is 2. The predicted octanol–water partition coefficient (Wildman–Crippen LogP) is 3.34. The molecule has 3 heteroatoms. The van der Waals surface area contributed by atoms with E-state index in [0.717, 1.165) is 5.92 Å². The lowest BCUT2D eigenvalue weighted by atomic mass is 10.1. The summed E-state index contributed by atoms with van der Waals surface area (Å²) < 4.78 is 1.22. The Labute approximate surface area is 118 Å². The molecule has 1 saturated heterocycles. The Bertz CT molecular complexity index is 429. The molecule has 1 aliphatic carbocycles. The number of hydrogen-bond donors (Lipinski definition) is 1. The molecule has 2 aliphatic rings. The van der Waals surface area contributed by atoms with Crippen molar-refractivity contribution in [2.45, 2.75) is 32.2 Å². The van der Waals surface area contributed by atoms with Gasteiger partial charge in [-0.15, -0.1) is 0 Å². The van der Waals surface area contributed by atoms with E-state index in [1.165, 1.54) is 54.6 Å². The fraction of sp³-hybridized carbons (Fsp3) is 0.600. The van der Waals surface area contributed by atoms with Crippen molar-refractivity contribution in [2.75, 3.05) is 24.5 Å². The van der Waals surface area contributed by atoms with Crippen LogP contribution in [0.5, 0.6) is 0 Å². The molecule has 1 aliphatic heterocycles. The number of benzene rings is 1. The van der Waals surface area contributed by atoms with Crippen molar-refractivity contribution >= 4 is 21.6 Å². The predicted molar refractivity (Wildman–Crippen MR) is 80.2 cm³/mol. The van der Waals surface area contributed by atoms with Gasteiger partial charge in [-0.25, -0.2) is 0 Å². The first-order valence-electron chi connectivity index (χ1n) is 6.98. The van der Waals surface area contributed by atoms with Crippen molar-refractivity contribution in [3.63, 3.8) is 0 Å². The molecule has 0 radical (unpaired) electrons. The maximum atomic E-state index is 3.72. The molecular formula is C15H21BrN2. The van der Waals surface area contributed by atoms with Crippen LogP contribution in [0.2, 0.25) is 0 Å². The average molecular weight is 309 g/mol. The highest BCUT2D eigenvalue weighted by Crippen LogP contribution is 2.34. The van der Waals surface area contributed by atoms with E-state index in [-0.39, 0.29) is 0 Å². The van der Waals surface area contributed by atoms with Crippen LogP contribution in [0, 0.1) is 12.8 Å². The quantitative estimate of drug-likeness (QED) is 0.901. The number of nitrogens with zero attached hydrogens (tertiary/aromatic N) is 1. The van der Waals surface area contributed by atoms with E-state index in [4.69, 9.17) is 0 Å². The largest absolute Gasteiger partial charge is 0.370 e. The van der Waals surface area contributed by atoms with Crippen molar-refractivity contribution in [1.82, 2.24) is 5.32 Å². The summed E-state index contributed by atoms with van der Waals surface area (Å²) in [4.78, 5) is 2.55. The van der Waals surface area contributed by atoms with Crippen LogP contribution in [0.25, 0.3) is 0 Å². The van der Waals surface area contributed by atoms with Crippen LogP contribution < -0.4 is 10.2 Å². The van der Waals surface area contributed by atoms with Gasteiger partial charge in [-0.3, -0.25) is 0 Å². The molecule has 2 fully saturated rings. The van der Waals surface area contributed by atoms with Crippen LogP contribution in [0.15, 0.2) is 22.7 Å². The van der Waals surface area contributed by atoms with Gasteiger partial charge < -0.3 is 10.2 Å². The first-order chi connectivity index (χ1) is 8.74. The first kappa shape index (κ1) is 12.5. The van der Waals surface area contributed by atoms with E-state index < -0.39 is 0 Å². The zero-order chi connectivity index (χ0) is 12.5. The van der Waals surface area contributed by atoms with E-state index in [2.05, 4.69) is 51.3 Å². The van der Waals surface area contributed by atoms with Crippen molar-refractivity contribution < 1.29 is 0 Å². The van der Waals surface area contributed by atoms with Crippen LogP contribution >= 0.6 is 15.9 Å². The lowest BCUT2D eigenvalue weighted by Crippen LogP contribution is -2.39. The van der Waals surface area contributed by atoms with Gasteiger partial charge in [0.05, 0.1) is 0 Å². The molecule has 1 heterocycles. The number of hydrogen-bond acceptors (Lipinski definition) is 2. The Morgan fingerprint density at radius 3 is 2.89 bits per heavy atom. The summed E-state index contributed by atoms with van der Waals surface area (Å²) in [5.41, 5.74) is 2.67. The zero-order valence-corrected chi connectivity index (χ0v) is 12.5. The molecule has 0 spiro atoms. The Morgan fingerprint density at radius 2 is 2.17 bits per heavy atom. The SMILES string of the molecule is Cc1ccc(N2CCCNC(C3CC3)C2)cc1Br. The van der Waals surface area contributed by atoms with Crippen LogP contribution in [-0.2, 0) is 0 Å². The molecule has 1 aromatic rings. The third-order valence-corrected chi connectivity index (χ3v) is 4.99. The molecule has 0 bridgehead atoms. The molecule has 98 valence electrons. The van der Waals surface area contributed by atoms with Crippen molar-refractivity contribution in [1.29, 1.82) is 0 Å². The minimum Gasteiger partial charge on any atom is -0.370 e. The molecule has 0 amide bonds. The zero-order valence-electron chi connectivity index (χ0n) is 11.0. The third kappa shape index (κ3) is 2.72. The number of anilines is 1. The topological polar surface area (TPSA) is 15.3 Å². The average Bonchev–Trinajstić information content (AvgIpc) is 3.16. The summed E-state index contributed by atoms with van der Waals surface area (Å²) in [6.45, 7) is 5.65. The van der Waals surface area contributed by atoms with Gasteiger partial charge in [0.25, 0.3) is 0 Å². The van der Waals surface area contributed by atoms with E-state index in [1.807, 2.05) is 0 Å². The summed E-state index contributed by atoms with van der Waals surface area (Å²) in [6, 6.07) is 7.44. The van der Waals surface area contributed by atoms with Crippen LogP contribution in [0.1, 0.15) is 24.8 Å². The molecule has 0 aromatic heterocycles. The molecule has 1 saturated carbocycles. The first-order valence-corrected chi connectivity index (χ1v) is 7.78. The summed E-state index contributed by atoms with van der Waals surface area (Å²) in [7, 11) is 0. The second-order valence-corrected chi connectivity index (χ2v) is 6.49. The second-order valence-electron chi connectivity index (χ2n) is 5.63. The molecular weight excluding hydrogens is 288 g/mol. The molecule has 1 atom stereocenters. The normalized spacial score (nSPS) is 25.0. The number of halogens is 1. The second kappa shape index (κ2) is 5.22. The van der Waals surface area contributed by atoms with Crippen LogP contribution in [0.4, 0.5) is 5.69 Å².